The summed E-state index contributed by atoms with van der Waals surface area (Å²) in [6, 6.07) is 7.13. The molecule has 0 unspecified atom stereocenters. The molecule has 120 valence electrons. The van der Waals surface area contributed by atoms with Crippen LogP contribution in [0, 0.1) is 11.8 Å². The second-order valence-electron chi connectivity index (χ2n) is 5.87. The molecule has 1 aromatic carbocycles. The summed E-state index contributed by atoms with van der Waals surface area (Å²) in [4.78, 5) is 24.0. The van der Waals surface area contributed by atoms with Crippen molar-refractivity contribution >= 4 is 27.7 Å². The van der Waals surface area contributed by atoms with Crippen LogP contribution in [0.25, 0.3) is 0 Å². The zero-order chi connectivity index (χ0) is 15.9. The fourth-order valence-electron chi connectivity index (χ4n) is 2.64. The van der Waals surface area contributed by atoms with Crippen molar-refractivity contribution in [3.05, 3.63) is 34.3 Å². The van der Waals surface area contributed by atoms with Gasteiger partial charge in [-0.25, -0.2) is 0 Å². The number of carbonyl (C=O) groups is 2. The molecule has 0 aliphatic heterocycles. The SMILES string of the molecule is CCCCCC[C@@H]1C[C@@H]1C(=O)NNC(=O)c1ccccc1Br. The zero-order valence-electron chi connectivity index (χ0n) is 12.9. The predicted octanol–water partition coefficient (Wildman–Crippen LogP) is 3.82. The molecule has 1 aliphatic carbocycles. The summed E-state index contributed by atoms with van der Waals surface area (Å²) in [5.41, 5.74) is 5.54. The standard InChI is InChI=1S/C17H23BrN2O2/c1-2-3-4-5-8-12-11-14(12)17(22)20-19-16(21)13-9-6-7-10-15(13)18/h6-7,9-10,12,14H,2-5,8,11H2,1H3,(H,19,21)(H,20,22)/t12-,14+/m1/s1. The van der Waals surface area contributed by atoms with Crippen LogP contribution >= 0.6 is 15.9 Å². The predicted molar refractivity (Wildman–Crippen MR) is 90.1 cm³/mol. The van der Waals surface area contributed by atoms with Crippen molar-refractivity contribution in [3.8, 4) is 0 Å². The van der Waals surface area contributed by atoms with Crippen molar-refractivity contribution < 1.29 is 9.59 Å². The van der Waals surface area contributed by atoms with E-state index in [1.807, 2.05) is 6.07 Å². The molecular formula is C17H23BrN2O2. The number of rotatable bonds is 7. The molecule has 0 saturated heterocycles. The number of benzene rings is 1. The van der Waals surface area contributed by atoms with Crippen molar-refractivity contribution in [1.29, 1.82) is 0 Å². The first-order chi connectivity index (χ1) is 10.6. The van der Waals surface area contributed by atoms with E-state index in [-0.39, 0.29) is 17.7 Å². The lowest BCUT2D eigenvalue weighted by atomic mass is 10.1. The van der Waals surface area contributed by atoms with Crippen LogP contribution in [0.4, 0.5) is 0 Å². The first-order valence-corrected chi connectivity index (χ1v) is 8.77. The van der Waals surface area contributed by atoms with Gasteiger partial charge in [-0.3, -0.25) is 20.4 Å². The minimum Gasteiger partial charge on any atom is -0.273 e. The molecule has 1 aromatic rings. The van der Waals surface area contributed by atoms with Gasteiger partial charge in [0.05, 0.1) is 5.56 Å². The van der Waals surface area contributed by atoms with Gasteiger partial charge in [0.2, 0.25) is 5.91 Å². The minimum atomic E-state index is -0.305. The van der Waals surface area contributed by atoms with Crippen molar-refractivity contribution in [2.24, 2.45) is 11.8 Å². The topological polar surface area (TPSA) is 58.2 Å². The molecule has 22 heavy (non-hydrogen) atoms. The Balaban J connectivity index is 1.69. The van der Waals surface area contributed by atoms with Gasteiger partial charge in [-0.05, 0) is 46.8 Å². The summed E-state index contributed by atoms with van der Waals surface area (Å²) in [5.74, 6) is 0.195. The smallest absolute Gasteiger partial charge is 0.270 e. The van der Waals surface area contributed by atoms with Crippen molar-refractivity contribution in [1.82, 2.24) is 10.9 Å². The molecule has 0 aromatic heterocycles. The summed E-state index contributed by atoms with van der Waals surface area (Å²) in [6.07, 6.45) is 7.02. The number of hydrazine groups is 1. The Hall–Kier alpha value is -1.36. The fourth-order valence-corrected chi connectivity index (χ4v) is 3.11. The van der Waals surface area contributed by atoms with Gasteiger partial charge < -0.3 is 0 Å². The van der Waals surface area contributed by atoms with E-state index in [4.69, 9.17) is 0 Å². The lowest BCUT2D eigenvalue weighted by Gasteiger charge is -2.08. The molecule has 0 radical (unpaired) electrons. The van der Waals surface area contributed by atoms with E-state index in [0.29, 0.717) is 16.0 Å². The van der Waals surface area contributed by atoms with Crippen LogP contribution in [0.1, 0.15) is 55.8 Å². The lowest BCUT2D eigenvalue weighted by Crippen LogP contribution is -2.42. The fraction of sp³-hybridized carbons (Fsp3) is 0.529. The van der Waals surface area contributed by atoms with E-state index >= 15 is 0 Å². The van der Waals surface area contributed by atoms with Crippen LogP contribution in [-0.2, 0) is 4.79 Å². The maximum Gasteiger partial charge on any atom is 0.270 e. The number of unbranched alkanes of at least 4 members (excludes halogenated alkanes) is 3. The Morgan fingerprint density at radius 3 is 2.68 bits per heavy atom. The summed E-state index contributed by atoms with van der Waals surface area (Å²) in [5, 5.41) is 0. The third kappa shape index (κ3) is 4.83. The molecule has 1 fully saturated rings. The quantitative estimate of drug-likeness (QED) is 0.569. The second kappa shape index (κ2) is 8.32. The van der Waals surface area contributed by atoms with E-state index in [9.17, 15) is 9.59 Å². The number of amides is 2. The Labute approximate surface area is 140 Å². The highest BCUT2D eigenvalue weighted by Gasteiger charge is 2.42. The van der Waals surface area contributed by atoms with E-state index in [0.717, 1.165) is 12.8 Å². The summed E-state index contributed by atoms with van der Waals surface area (Å²) in [6.45, 7) is 2.20. The van der Waals surface area contributed by atoms with E-state index in [1.54, 1.807) is 18.2 Å². The highest BCUT2D eigenvalue weighted by molar-refractivity contribution is 9.10. The number of carbonyl (C=O) groups excluding carboxylic acids is 2. The molecule has 0 spiro atoms. The van der Waals surface area contributed by atoms with Gasteiger partial charge in [0.25, 0.3) is 5.91 Å². The largest absolute Gasteiger partial charge is 0.273 e. The number of hydrogen-bond acceptors (Lipinski definition) is 2. The average Bonchev–Trinajstić information content (AvgIpc) is 3.29. The second-order valence-corrected chi connectivity index (χ2v) is 6.73. The Morgan fingerprint density at radius 2 is 1.95 bits per heavy atom. The van der Waals surface area contributed by atoms with E-state index in [2.05, 4.69) is 33.7 Å². The van der Waals surface area contributed by atoms with Gasteiger partial charge in [0.1, 0.15) is 0 Å². The van der Waals surface area contributed by atoms with Gasteiger partial charge in [0.15, 0.2) is 0 Å². The average molecular weight is 367 g/mol. The van der Waals surface area contributed by atoms with Crippen LogP contribution in [0.5, 0.6) is 0 Å². The number of halogens is 1. The van der Waals surface area contributed by atoms with Crippen LogP contribution < -0.4 is 10.9 Å². The van der Waals surface area contributed by atoms with Gasteiger partial charge in [-0.15, -0.1) is 0 Å². The summed E-state index contributed by atoms with van der Waals surface area (Å²) in [7, 11) is 0. The lowest BCUT2D eigenvalue weighted by molar-refractivity contribution is -0.123. The summed E-state index contributed by atoms with van der Waals surface area (Å²) < 4.78 is 0.710. The molecule has 0 bridgehead atoms. The molecule has 1 aliphatic rings. The molecule has 0 heterocycles. The van der Waals surface area contributed by atoms with E-state index < -0.39 is 0 Å². The monoisotopic (exact) mass is 366 g/mol. The van der Waals surface area contributed by atoms with Crippen molar-refractivity contribution in [2.45, 2.75) is 45.4 Å². The molecule has 2 atom stereocenters. The highest BCUT2D eigenvalue weighted by Crippen LogP contribution is 2.42. The first-order valence-electron chi connectivity index (χ1n) is 7.98. The van der Waals surface area contributed by atoms with Crippen LogP contribution in [0.15, 0.2) is 28.7 Å². The summed E-state index contributed by atoms with van der Waals surface area (Å²) >= 11 is 3.32. The number of nitrogens with one attached hydrogen (secondary N) is 2. The Kier molecular flexibility index (Phi) is 6.43. The first kappa shape index (κ1) is 17.0. The molecular weight excluding hydrogens is 344 g/mol. The number of hydrogen-bond donors (Lipinski definition) is 2. The molecule has 2 N–H and O–H groups in total. The maximum atomic E-state index is 12.0. The van der Waals surface area contributed by atoms with E-state index in [1.165, 1.54) is 25.7 Å². The highest BCUT2D eigenvalue weighted by atomic mass is 79.9. The Bertz CT molecular complexity index is 533. The molecule has 4 nitrogen and oxygen atoms in total. The van der Waals surface area contributed by atoms with Gasteiger partial charge in [-0.2, -0.15) is 0 Å². The van der Waals surface area contributed by atoms with Crippen LogP contribution in [-0.4, -0.2) is 11.8 Å². The Morgan fingerprint density at radius 1 is 1.18 bits per heavy atom. The van der Waals surface area contributed by atoms with Gasteiger partial charge >= 0.3 is 0 Å². The van der Waals surface area contributed by atoms with Crippen molar-refractivity contribution in [2.75, 3.05) is 0 Å². The van der Waals surface area contributed by atoms with Gasteiger partial charge in [0, 0.05) is 10.4 Å². The van der Waals surface area contributed by atoms with Gasteiger partial charge in [-0.1, -0.05) is 44.7 Å². The maximum absolute atomic E-state index is 12.0. The third-order valence-corrected chi connectivity index (χ3v) is 4.80. The van der Waals surface area contributed by atoms with Crippen LogP contribution in [0.2, 0.25) is 0 Å². The normalized spacial score (nSPS) is 19.5. The molecule has 2 amide bonds. The van der Waals surface area contributed by atoms with Crippen molar-refractivity contribution in [3.63, 3.8) is 0 Å². The molecule has 1 saturated carbocycles. The minimum absolute atomic E-state index is 0.0686. The molecule has 5 heteroatoms. The zero-order valence-corrected chi connectivity index (χ0v) is 14.5. The third-order valence-electron chi connectivity index (χ3n) is 4.11. The molecule has 2 rings (SSSR count). The van der Waals surface area contributed by atoms with Crippen LogP contribution in [0.3, 0.4) is 0 Å².